The Bertz CT molecular complexity index is 3300. The van der Waals surface area contributed by atoms with Crippen LogP contribution in [-0.2, 0) is 112 Å². The molecule has 2 aromatic heterocycles. The fraction of sp³-hybridized carbons (Fsp3) is 0.500. The first-order chi connectivity index (χ1) is 51.5. The van der Waals surface area contributed by atoms with E-state index in [1.807, 2.05) is 62.4 Å². The Labute approximate surface area is 664 Å². The summed E-state index contributed by atoms with van der Waals surface area (Å²) in [6.45, 7) is 8.77. The van der Waals surface area contributed by atoms with Gasteiger partial charge in [0.15, 0.2) is 12.6 Å². The van der Waals surface area contributed by atoms with Crippen molar-refractivity contribution in [2.24, 2.45) is 11.8 Å². The molecule has 615 valence electrons. The van der Waals surface area contributed by atoms with E-state index < -0.39 is 89.8 Å². The number of aryl methyl sites for hydroxylation is 2. The predicted molar refractivity (Wildman–Crippen MR) is 362 cm³/mol. The van der Waals surface area contributed by atoms with E-state index in [4.69, 9.17) is 99.3 Å². The second-order valence-electron chi connectivity index (χ2n) is 21.3. The number of nitrogens with zero attached hydrogens (tertiary/aromatic N) is 2. The van der Waals surface area contributed by atoms with Gasteiger partial charge in [-0.1, -0.05) is 61.5 Å². The summed E-state index contributed by atoms with van der Waals surface area (Å²) < 4.78 is 94.1. The molecular formula is C64H87N2O41PrS2-. The summed E-state index contributed by atoms with van der Waals surface area (Å²) in [6.07, 6.45) is -7.86. The zero-order chi connectivity index (χ0) is 82.3. The molecule has 0 bridgehead atoms. The van der Waals surface area contributed by atoms with E-state index in [2.05, 4.69) is 57.3 Å². The average molecular weight is 1750 g/mol. The van der Waals surface area contributed by atoms with E-state index >= 15 is 0 Å². The van der Waals surface area contributed by atoms with Crippen molar-refractivity contribution < 1.29 is 240 Å². The fourth-order valence-corrected chi connectivity index (χ4v) is 10.4. The molecule has 0 amide bonds. The number of pyridine rings is 1. The van der Waals surface area contributed by atoms with Gasteiger partial charge >= 0.3 is 67.7 Å². The molecule has 43 nitrogen and oxygen atoms in total. The molecule has 0 aliphatic carbocycles. The molecule has 9 atom stereocenters. The second kappa shape index (κ2) is 60.1. The SMILES string of the molecule is CCC(CO)OC(=O)O.COC(=O)O.COC(=O)O.Cc1cccc(C)c1COC(=O)O.O=C(O)OC1CCOC1.O=C(O)OC1COC2OCCC12.O=C(O)OC1COC2OCCCC12.O=C(O)OC1[CH-]S(=O)(=O)CC1.O=C(O)OCc1ccccc1.O=C(O)OCc1cccnc1.O=C(O)OCc1cncs1.[Pr]. The standard InChI is InChI=1S/C10H12O3.C8H12O5.C8H8O3.C7H7NO3.C7H10O5.C5H5NO3S.C5H7O5S.C5H8O4.C5H10O4.2C2H4O3.Pr/c1-7-4-3-5-8(2)9(7)6-13-10(11)12;9-8(10)13-6-4-12-7-5(6)2-1-3-11-7;9-8(10)11-6-7-4-2-1-3-5-7;9-7(10)11-5-6-2-1-3-8-4-6;8-7(9)12-5-3-11-6-4(5)1-2-10-6;7-5(8)9-2-4-1-6-3-10-4;6-5(7)10-4-1-2-11(8,9)3-4;6-5(7)9-4-1-2-8-3-4;1-2-4(3-6)9-5(7)8;2*1-5-2(3)4;/h3-5H,6H2,1-2H3,(H,11,12);5-7H,1-4H2,(H,9,10);1-5H,6H2,(H,9,10);1-4H,5H2,(H,9,10);4-6H,1-3H2,(H,8,9);1,3H,2H2,(H,7,8);3-4H,1-2H2,(H,6,7);4H,1-3H2,(H,6,7);4,6H,2-3H2,1H3,(H,7,8);2*1H3,(H,3,4);/q;;;;;;-1;;;;;. The van der Waals surface area contributed by atoms with E-state index in [1.54, 1.807) is 43.2 Å². The summed E-state index contributed by atoms with van der Waals surface area (Å²) in [5, 5.41) is 97.1. The number of aromatic nitrogens is 2. The van der Waals surface area contributed by atoms with Gasteiger partial charge in [-0.25, -0.2) is 52.7 Å². The number of carboxylic acid groups (broad SMARTS) is 11. The van der Waals surface area contributed by atoms with Crippen molar-refractivity contribution in [2.45, 2.75) is 129 Å². The number of aliphatic hydroxyl groups excluding tert-OH is 1. The first-order valence-corrected chi connectivity index (χ1v) is 34.2. The van der Waals surface area contributed by atoms with Crippen LogP contribution in [0.2, 0.25) is 0 Å². The van der Waals surface area contributed by atoms with Crippen LogP contribution in [0.15, 0.2) is 84.8 Å². The maximum absolute atomic E-state index is 10.7. The van der Waals surface area contributed by atoms with Crippen LogP contribution in [0.4, 0.5) is 52.7 Å². The zero-order valence-electron chi connectivity index (χ0n) is 59.6. The molecule has 6 aliphatic heterocycles. The van der Waals surface area contributed by atoms with E-state index in [0.29, 0.717) is 52.5 Å². The van der Waals surface area contributed by atoms with Crippen LogP contribution in [0.25, 0.3) is 0 Å². The number of ether oxygens (including phenoxy) is 16. The number of carbonyl (C=O) groups is 11. The maximum atomic E-state index is 10.7. The molecule has 10 rings (SSSR count). The molecule has 12 N–H and O–H groups in total. The topological polar surface area (TPSA) is 638 Å². The summed E-state index contributed by atoms with van der Waals surface area (Å²) in [4.78, 5) is 117. The first-order valence-electron chi connectivity index (χ1n) is 31.6. The third kappa shape index (κ3) is 53.1. The van der Waals surface area contributed by atoms with Crippen LogP contribution in [0.5, 0.6) is 0 Å². The summed E-state index contributed by atoms with van der Waals surface area (Å²) in [6, 6.07) is 18.4. The third-order valence-corrected chi connectivity index (χ3v) is 15.8. The number of rotatable bonds is 15. The van der Waals surface area contributed by atoms with Crippen LogP contribution < -0.4 is 0 Å². The normalized spacial score (nSPS) is 19.2. The van der Waals surface area contributed by atoms with Crippen LogP contribution in [0.3, 0.4) is 0 Å². The molecule has 8 heterocycles. The van der Waals surface area contributed by atoms with Crippen molar-refractivity contribution in [1.82, 2.24) is 9.97 Å². The fourth-order valence-electron chi connectivity index (χ4n) is 8.56. The van der Waals surface area contributed by atoms with Gasteiger partial charge < -0.3 is 137 Å². The molecular weight excluding hydrogens is 1660 g/mol. The molecule has 4 aromatic rings. The van der Waals surface area contributed by atoms with Crippen molar-refractivity contribution in [2.75, 3.05) is 66.2 Å². The molecule has 6 aliphatic rings. The van der Waals surface area contributed by atoms with Crippen LogP contribution >= 0.6 is 11.3 Å². The Morgan fingerprint density at radius 3 is 1.43 bits per heavy atom. The van der Waals surface area contributed by atoms with Gasteiger partial charge in [0.2, 0.25) is 0 Å². The molecule has 46 heteroatoms. The Hall–Kier alpha value is -9.74. The van der Waals surface area contributed by atoms with Gasteiger partial charge in [-0.15, -0.1) is 11.3 Å². The second-order valence-corrected chi connectivity index (χ2v) is 24.2. The van der Waals surface area contributed by atoms with Crippen molar-refractivity contribution >= 4 is 88.9 Å². The van der Waals surface area contributed by atoms with Gasteiger partial charge in [0, 0.05) is 100.0 Å². The van der Waals surface area contributed by atoms with Crippen LogP contribution in [-0.4, -0.2) is 257 Å². The number of hydrogen-bond donors (Lipinski definition) is 12. The number of thiazole rings is 1. The molecule has 6 saturated heterocycles. The Morgan fingerprint density at radius 1 is 0.527 bits per heavy atom. The predicted octanol–water partition coefficient (Wildman–Crippen LogP) is 9.84. The summed E-state index contributed by atoms with van der Waals surface area (Å²) in [5.74, 6) is 1.09. The Balaban J connectivity index is 0. The number of hydrogen-bond acceptors (Lipinski definition) is 33. The Kier molecular flexibility index (Phi) is 55.9. The molecule has 6 fully saturated rings. The van der Waals surface area contributed by atoms with E-state index in [-0.39, 0.29) is 129 Å². The monoisotopic (exact) mass is 1740 g/mol. The minimum atomic E-state index is -3.15. The van der Waals surface area contributed by atoms with E-state index in [9.17, 15) is 51.6 Å². The average Bonchev–Trinajstić information content (AvgIpc) is 1.63. The van der Waals surface area contributed by atoms with Gasteiger partial charge in [0.1, 0.15) is 50.8 Å². The molecule has 2 aromatic carbocycles. The van der Waals surface area contributed by atoms with E-state index in [1.165, 1.54) is 11.3 Å². The molecule has 9 unspecified atom stereocenters. The Morgan fingerprint density at radius 2 is 1.02 bits per heavy atom. The number of methoxy groups -OCH3 is 2. The first kappa shape index (κ1) is 102. The van der Waals surface area contributed by atoms with Gasteiger partial charge in [-0.05, 0) is 80.4 Å². The molecule has 1 radical (unpaired) electrons. The minimum absolute atomic E-state index is 0. The van der Waals surface area contributed by atoms with Crippen molar-refractivity contribution in [3.8, 4) is 0 Å². The van der Waals surface area contributed by atoms with Crippen molar-refractivity contribution in [3.05, 3.63) is 123 Å². The van der Waals surface area contributed by atoms with Crippen molar-refractivity contribution in [1.29, 1.82) is 0 Å². The molecule has 0 saturated carbocycles. The van der Waals surface area contributed by atoms with Crippen molar-refractivity contribution in [3.63, 3.8) is 0 Å². The minimum Gasteiger partial charge on any atom is -0.463 e. The van der Waals surface area contributed by atoms with Crippen LogP contribution in [0, 0.1) is 72.7 Å². The molecule has 0 spiro atoms. The van der Waals surface area contributed by atoms with Gasteiger partial charge in [0.25, 0.3) is 0 Å². The summed E-state index contributed by atoms with van der Waals surface area (Å²) >= 11 is 1.37. The van der Waals surface area contributed by atoms with Gasteiger partial charge in [-0.3, -0.25) is 18.4 Å². The zero-order valence-corrected chi connectivity index (χ0v) is 64.9. The van der Waals surface area contributed by atoms with Crippen LogP contribution in [0.1, 0.15) is 78.1 Å². The largest absolute Gasteiger partial charge is 0.506 e. The third-order valence-electron chi connectivity index (χ3n) is 13.5. The number of aliphatic hydroxyl groups is 1. The smallest absolute Gasteiger partial charge is 0.463 e. The maximum Gasteiger partial charge on any atom is 0.506 e. The number of fused-ring (bicyclic) bond motifs is 2. The number of sulfone groups is 1. The quantitative estimate of drug-likeness (QED) is 0.0299. The number of benzene rings is 2. The van der Waals surface area contributed by atoms with Gasteiger partial charge in [0.05, 0.1) is 70.2 Å². The summed E-state index contributed by atoms with van der Waals surface area (Å²) in [5.41, 5.74) is 6.29. The summed E-state index contributed by atoms with van der Waals surface area (Å²) in [7, 11) is -0.955. The molecule has 110 heavy (non-hydrogen) atoms. The van der Waals surface area contributed by atoms with Gasteiger partial charge in [-0.2, -0.15) is 5.75 Å². The van der Waals surface area contributed by atoms with E-state index in [0.717, 1.165) is 71.9 Å².